The van der Waals surface area contributed by atoms with Crippen LogP contribution in [0.2, 0.25) is 0 Å². The fourth-order valence-corrected chi connectivity index (χ4v) is 3.55. The first-order valence-corrected chi connectivity index (χ1v) is 8.44. The van der Waals surface area contributed by atoms with Crippen molar-refractivity contribution in [2.24, 2.45) is 13.0 Å². The average molecular weight is 313 g/mol. The third-order valence-electron chi connectivity index (χ3n) is 5.11. The Morgan fingerprint density at radius 3 is 2.91 bits per heavy atom. The lowest BCUT2D eigenvalue weighted by Gasteiger charge is -2.38. The quantitative estimate of drug-likeness (QED) is 0.867. The highest BCUT2D eigenvalue weighted by atomic mass is 16.2. The minimum absolute atomic E-state index is 0.282. The van der Waals surface area contributed by atoms with E-state index in [1.54, 1.807) is 6.20 Å². The van der Waals surface area contributed by atoms with Gasteiger partial charge in [0.05, 0.1) is 0 Å². The number of hydrogen-bond donors (Lipinski definition) is 0. The Balaban J connectivity index is 1.56. The van der Waals surface area contributed by atoms with E-state index in [4.69, 9.17) is 4.98 Å². The molecular weight excluding hydrogens is 290 g/mol. The number of aryl methyl sites for hydroxylation is 1. The first-order chi connectivity index (χ1) is 11.1. The van der Waals surface area contributed by atoms with Gasteiger partial charge in [0.25, 0.3) is 0 Å². The minimum Gasteiger partial charge on any atom is -0.341 e. The van der Waals surface area contributed by atoms with Gasteiger partial charge in [-0.15, -0.1) is 0 Å². The number of imidazole rings is 1. The molecular formula is C17H23N5O. The number of carbonyl (C=O) groups is 1. The lowest BCUT2D eigenvalue weighted by atomic mass is 10.0. The van der Waals surface area contributed by atoms with Gasteiger partial charge >= 0.3 is 0 Å². The molecule has 4 rings (SSSR count). The number of rotatable bonds is 3. The standard InChI is InChI=1S/C17H23N5O/c1-20(16(23)12-7-8-12)13-5-4-10-22(11-13)17-19-14-6-3-9-18-15(14)21(17)2/h3,6,9,12-13H,4-5,7-8,10-11H2,1-2H3. The Hall–Kier alpha value is -2.11. The maximum absolute atomic E-state index is 12.3. The summed E-state index contributed by atoms with van der Waals surface area (Å²) in [6.07, 6.45) is 6.10. The number of aromatic nitrogens is 3. The summed E-state index contributed by atoms with van der Waals surface area (Å²) >= 11 is 0. The van der Waals surface area contributed by atoms with Crippen molar-refractivity contribution in [2.45, 2.75) is 31.7 Å². The van der Waals surface area contributed by atoms with Crippen LogP contribution in [-0.4, -0.2) is 51.5 Å². The van der Waals surface area contributed by atoms with E-state index in [1.807, 2.05) is 31.1 Å². The average Bonchev–Trinajstić information content (AvgIpc) is 3.38. The molecule has 0 aromatic carbocycles. The van der Waals surface area contributed by atoms with Gasteiger partial charge in [0.2, 0.25) is 11.9 Å². The van der Waals surface area contributed by atoms with Crippen LogP contribution in [0.15, 0.2) is 18.3 Å². The maximum atomic E-state index is 12.3. The molecule has 1 saturated heterocycles. The minimum atomic E-state index is 0.282. The Labute approximate surface area is 136 Å². The Bertz CT molecular complexity index is 736. The van der Waals surface area contributed by atoms with Crippen molar-refractivity contribution in [1.29, 1.82) is 0 Å². The molecule has 0 bridgehead atoms. The zero-order valence-corrected chi connectivity index (χ0v) is 13.8. The second-order valence-corrected chi connectivity index (χ2v) is 6.78. The summed E-state index contributed by atoms with van der Waals surface area (Å²) in [5.74, 6) is 1.56. The molecule has 2 aliphatic rings. The molecule has 2 aromatic rings. The number of likely N-dealkylation sites (N-methyl/N-ethyl adjacent to an activating group) is 1. The highest BCUT2D eigenvalue weighted by Crippen LogP contribution is 2.32. The summed E-state index contributed by atoms with van der Waals surface area (Å²) in [5, 5.41) is 0. The summed E-state index contributed by atoms with van der Waals surface area (Å²) in [5.41, 5.74) is 1.83. The van der Waals surface area contributed by atoms with E-state index in [2.05, 4.69) is 14.5 Å². The molecule has 2 aromatic heterocycles. The van der Waals surface area contributed by atoms with Crippen molar-refractivity contribution in [2.75, 3.05) is 25.0 Å². The number of carbonyl (C=O) groups excluding carboxylic acids is 1. The Kier molecular flexibility index (Phi) is 3.47. The van der Waals surface area contributed by atoms with Gasteiger partial charge < -0.3 is 9.80 Å². The lowest BCUT2D eigenvalue weighted by molar-refractivity contribution is -0.133. The third-order valence-corrected chi connectivity index (χ3v) is 5.11. The van der Waals surface area contributed by atoms with Crippen molar-refractivity contribution >= 4 is 23.0 Å². The topological polar surface area (TPSA) is 54.3 Å². The number of amides is 1. The molecule has 23 heavy (non-hydrogen) atoms. The number of pyridine rings is 1. The predicted molar refractivity (Wildman–Crippen MR) is 89.2 cm³/mol. The summed E-state index contributed by atoms with van der Waals surface area (Å²) < 4.78 is 2.06. The van der Waals surface area contributed by atoms with Crippen molar-refractivity contribution in [1.82, 2.24) is 19.4 Å². The molecule has 3 heterocycles. The molecule has 2 fully saturated rings. The monoisotopic (exact) mass is 313 g/mol. The van der Waals surface area contributed by atoms with Crippen LogP contribution < -0.4 is 4.90 Å². The van der Waals surface area contributed by atoms with E-state index in [9.17, 15) is 4.79 Å². The van der Waals surface area contributed by atoms with Crippen LogP contribution in [0.1, 0.15) is 25.7 Å². The van der Waals surface area contributed by atoms with Crippen molar-refractivity contribution < 1.29 is 4.79 Å². The molecule has 6 heteroatoms. The van der Waals surface area contributed by atoms with Crippen LogP contribution >= 0.6 is 0 Å². The highest BCUT2D eigenvalue weighted by molar-refractivity contribution is 5.81. The highest BCUT2D eigenvalue weighted by Gasteiger charge is 2.36. The summed E-state index contributed by atoms with van der Waals surface area (Å²) in [6.45, 7) is 1.84. The van der Waals surface area contributed by atoms with Gasteiger partial charge in [0.15, 0.2) is 5.65 Å². The van der Waals surface area contributed by atoms with Crippen molar-refractivity contribution in [3.63, 3.8) is 0 Å². The number of anilines is 1. The van der Waals surface area contributed by atoms with E-state index in [1.165, 1.54) is 0 Å². The molecule has 1 aliphatic carbocycles. The SMILES string of the molecule is CN(C(=O)C1CC1)C1CCCN(c2nc3cccnc3n2C)C1. The summed E-state index contributed by atoms with van der Waals surface area (Å²) in [6, 6.07) is 4.19. The molecule has 122 valence electrons. The molecule has 1 saturated carbocycles. The predicted octanol–water partition coefficient (Wildman–Crippen LogP) is 1.81. The van der Waals surface area contributed by atoms with Crippen LogP contribution in [-0.2, 0) is 11.8 Å². The molecule has 1 atom stereocenters. The summed E-state index contributed by atoms with van der Waals surface area (Å²) in [7, 11) is 3.98. The van der Waals surface area contributed by atoms with Crippen LogP contribution in [0.3, 0.4) is 0 Å². The van der Waals surface area contributed by atoms with Gasteiger partial charge in [-0.05, 0) is 37.8 Å². The van der Waals surface area contributed by atoms with Gasteiger partial charge in [0.1, 0.15) is 5.52 Å². The fraction of sp³-hybridized carbons (Fsp3) is 0.588. The largest absolute Gasteiger partial charge is 0.341 e. The number of fused-ring (bicyclic) bond motifs is 1. The van der Waals surface area contributed by atoms with Crippen LogP contribution in [0.4, 0.5) is 5.95 Å². The van der Waals surface area contributed by atoms with Crippen LogP contribution in [0.5, 0.6) is 0 Å². The van der Waals surface area contributed by atoms with E-state index in [0.717, 1.165) is 55.9 Å². The van der Waals surface area contributed by atoms with Crippen molar-refractivity contribution in [3.05, 3.63) is 18.3 Å². The first-order valence-electron chi connectivity index (χ1n) is 8.44. The van der Waals surface area contributed by atoms with E-state index < -0.39 is 0 Å². The van der Waals surface area contributed by atoms with Gasteiger partial charge in [-0.2, -0.15) is 0 Å². The normalized spacial score (nSPS) is 21.7. The molecule has 1 amide bonds. The van der Waals surface area contributed by atoms with Gasteiger partial charge in [-0.25, -0.2) is 9.97 Å². The molecule has 0 N–H and O–H groups in total. The molecule has 0 radical (unpaired) electrons. The van der Waals surface area contributed by atoms with E-state index in [-0.39, 0.29) is 12.0 Å². The van der Waals surface area contributed by atoms with Crippen LogP contribution in [0, 0.1) is 5.92 Å². The zero-order chi connectivity index (χ0) is 16.0. The van der Waals surface area contributed by atoms with Crippen molar-refractivity contribution in [3.8, 4) is 0 Å². The number of nitrogens with zero attached hydrogens (tertiary/aromatic N) is 5. The maximum Gasteiger partial charge on any atom is 0.225 e. The molecule has 1 unspecified atom stereocenters. The fourth-order valence-electron chi connectivity index (χ4n) is 3.55. The second-order valence-electron chi connectivity index (χ2n) is 6.78. The number of hydrogen-bond acceptors (Lipinski definition) is 4. The number of piperidine rings is 1. The summed E-state index contributed by atoms with van der Waals surface area (Å²) in [4.78, 5) is 25.8. The van der Waals surface area contributed by atoms with Gasteiger partial charge in [0, 0.05) is 45.3 Å². The van der Waals surface area contributed by atoms with Gasteiger partial charge in [-0.3, -0.25) is 9.36 Å². The molecule has 6 nitrogen and oxygen atoms in total. The lowest BCUT2D eigenvalue weighted by Crippen LogP contribution is -2.49. The first kappa shape index (κ1) is 14.5. The van der Waals surface area contributed by atoms with Gasteiger partial charge in [-0.1, -0.05) is 0 Å². The second kappa shape index (κ2) is 5.51. The smallest absolute Gasteiger partial charge is 0.225 e. The molecule has 1 aliphatic heterocycles. The Morgan fingerprint density at radius 2 is 2.17 bits per heavy atom. The van der Waals surface area contributed by atoms with Crippen LogP contribution in [0.25, 0.3) is 11.2 Å². The third kappa shape index (κ3) is 2.56. The molecule has 0 spiro atoms. The zero-order valence-electron chi connectivity index (χ0n) is 13.8. The van der Waals surface area contributed by atoms with E-state index in [0.29, 0.717) is 5.91 Å². The Morgan fingerprint density at radius 1 is 1.35 bits per heavy atom. The van der Waals surface area contributed by atoms with E-state index >= 15 is 0 Å².